The number of Topliss-reactive ketones (excluding diaryl/α,β-unsaturated/α-hetero) is 1. The predicted molar refractivity (Wildman–Crippen MR) is 27.6 cm³/mol. The molecular formula is C5H8O3. The number of aldehydes is 1. The predicted octanol–water partition coefficient (Wildman–Crippen LogP) is -0.209. The minimum Gasteiger partial charge on any atom is -0.366 e. The highest BCUT2D eigenvalue weighted by atomic mass is 16.5. The van der Waals surface area contributed by atoms with Crippen LogP contribution in [0.4, 0.5) is 0 Å². The highest BCUT2D eigenvalue weighted by molar-refractivity contribution is 5.76. The molecule has 0 aromatic heterocycles. The fourth-order valence-electron chi connectivity index (χ4n) is 0.251. The maximum absolute atomic E-state index is 10.1. The molecule has 0 N–H and O–H groups in total. The molecule has 0 atom stereocenters. The lowest BCUT2D eigenvalue weighted by Gasteiger charge is -1.90. The zero-order chi connectivity index (χ0) is 6.41. The van der Waals surface area contributed by atoms with Gasteiger partial charge >= 0.3 is 0 Å². The summed E-state index contributed by atoms with van der Waals surface area (Å²) in [7, 11) is 0. The summed E-state index contributed by atoms with van der Waals surface area (Å²) in [5.41, 5.74) is 0. The van der Waals surface area contributed by atoms with Crippen LogP contribution >= 0.6 is 0 Å². The fraction of sp³-hybridized carbons (Fsp3) is 0.600. The Morgan fingerprint density at radius 2 is 2.38 bits per heavy atom. The van der Waals surface area contributed by atoms with Crippen molar-refractivity contribution < 1.29 is 14.3 Å². The van der Waals surface area contributed by atoms with E-state index in [2.05, 4.69) is 4.74 Å². The molecule has 0 aliphatic rings. The number of carbonyl (C=O) groups is 2. The van der Waals surface area contributed by atoms with Crippen molar-refractivity contribution in [2.45, 2.75) is 6.92 Å². The summed E-state index contributed by atoms with van der Waals surface area (Å²) in [6.45, 7) is 1.46. The fourth-order valence-corrected chi connectivity index (χ4v) is 0.251. The van der Waals surface area contributed by atoms with E-state index in [-0.39, 0.29) is 19.0 Å². The van der Waals surface area contributed by atoms with E-state index in [9.17, 15) is 9.59 Å². The number of rotatable bonds is 4. The Balaban J connectivity index is 2.93. The molecule has 0 unspecified atom stereocenters. The van der Waals surface area contributed by atoms with Crippen LogP contribution in [0.3, 0.4) is 0 Å². The third kappa shape index (κ3) is 5.30. The molecule has 0 aromatic carbocycles. The van der Waals surface area contributed by atoms with Gasteiger partial charge in [0.25, 0.3) is 0 Å². The Bertz CT molecular complexity index is 87.7. The first-order valence-electron chi connectivity index (χ1n) is 2.28. The van der Waals surface area contributed by atoms with Crippen molar-refractivity contribution in [1.29, 1.82) is 0 Å². The molecule has 0 fully saturated rings. The zero-order valence-corrected chi connectivity index (χ0v) is 4.72. The summed E-state index contributed by atoms with van der Waals surface area (Å²) in [4.78, 5) is 19.6. The lowest BCUT2D eigenvalue weighted by molar-refractivity contribution is -0.123. The Hall–Kier alpha value is -0.700. The van der Waals surface area contributed by atoms with Gasteiger partial charge in [0.15, 0.2) is 5.78 Å². The standard InChI is InChI=1S/C5H8O3/c1-5(7)4-8-3-2-6/h2H,3-4H2,1H3. The summed E-state index contributed by atoms with van der Waals surface area (Å²) in [5, 5.41) is 0. The molecule has 0 aliphatic heterocycles. The first kappa shape index (κ1) is 7.30. The van der Waals surface area contributed by atoms with Crippen molar-refractivity contribution in [3.63, 3.8) is 0 Å². The zero-order valence-electron chi connectivity index (χ0n) is 4.72. The molecule has 0 aromatic rings. The van der Waals surface area contributed by atoms with Gasteiger partial charge in [0, 0.05) is 0 Å². The summed E-state index contributed by atoms with van der Waals surface area (Å²) in [6.07, 6.45) is 0.614. The molecule has 8 heavy (non-hydrogen) atoms. The first-order valence-corrected chi connectivity index (χ1v) is 2.28. The molecule has 3 heteroatoms. The van der Waals surface area contributed by atoms with Crippen LogP contribution in [-0.2, 0) is 14.3 Å². The van der Waals surface area contributed by atoms with Gasteiger partial charge in [0.05, 0.1) is 0 Å². The number of hydrogen-bond donors (Lipinski definition) is 0. The van der Waals surface area contributed by atoms with Crippen LogP contribution in [0.15, 0.2) is 0 Å². The minimum absolute atomic E-state index is 0.0135. The lowest BCUT2D eigenvalue weighted by atomic mass is 10.5. The molecule has 0 saturated carbocycles. The van der Waals surface area contributed by atoms with Crippen molar-refractivity contribution in [1.82, 2.24) is 0 Å². The highest BCUT2D eigenvalue weighted by Crippen LogP contribution is 1.71. The van der Waals surface area contributed by atoms with Crippen LogP contribution < -0.4 is 0 Å². The van der Waals surface area contributed by atoms with Crippen molar-refractivity contribution in [2.24, 2.45) is 0 Å². The van der Waals surface area contributed by atoms with Gasteiger partial charge in [-0.05, 0) is 6.92 Å². The molecule has 0 bridgehead atoms. The number of ketones is 1. The topological polar surface area (TPSA) is 43.4 Å². The van der Waals surface area contributed by atoms with Gasteiger partial charge in [-0.2, -0.15) is 0 Å². The Kier molecular flexibility index (Phi) is 4.07. The van der Waals surface area contributed by atoms with Gasteiger partial charge in [0.1, 0.15) is 19.5 Å². The van der Waals surface area contributed by atoms with Gasteiger partial charge in [0.2, 0.25) is 0 Å². The molecule has 0 heterocycles. The largest absolute Gasteiger partial charge is 0.366 e. The van der Waals surface area contributed by atoms with Crippen molar-refractivity contribution in [3.8, 4) is 0 Å². The van der Waals surface area contributed by atoms with Crippen molar-refractivity contribution in [2.75, 3.05) is 13.2 Å². The Morgan fingerprint density at radius 3 is 2.75 bits per heavy atom. The molecule has 0 aliphatic carbocycles. The number of carbonyl (C=O) groups excluding carboxylic acids is 2. The van der Waals surface area contributed by atoms with Gasteiger partial charge in [-0.1, -0.05) is 0 Å². The number of ether oxygens (including phenoxy) is 1. The van der Waals surface area contributed by atoms with Crippen molar-refractivity contribution >= 4 is 12.1 Å². The lowest BCUT2D eigenvalue weighted by Crippen LogP contribution is -2.04. The second-order valence-electron chi connectivity index (χ2n) is 1.38. The van der Waals surface area contributed by atoms with Crippen LogP contribution in [0, 0.1) is 0 Å². The third-order valence-corrected chi connectivity index (χ3v) is 0.491. The van der Waals surface area contributed by atoms with Crippen molar-refractivity contribution in [3.05, 3.63) is 0 Å². The summed E-state index contributed by atoms with van der Waals surface area (Å²) in [6, 6.07) is 0. The van der Waals surface area contributed by atoms with E-state index in [0.717, 1.165) is 0 Å². The summed E-state index contributed by atoms with van der Waals surface area (Å²) in [5.74, 6) is -0.0631. The van der Waals surface area contributed by atoms with E-state index in [1.54, 1.807) is 0 Å². The van der Waals surface area contributed by atoms with Gasteiger partial charge < -0.3 is 9.53 Å². The average molecular weight is 116 g/mol. The second-order valence-corrected chi connectivity index (χ2v) is 1.38. The maximum atomic E-state index is 10.1. The molecule has 0 rings (SSSR count). The molecule has 0 radical (unpaired) electrons. The van der Waals surface area contributed by atoms with Crippen LogP contribution in [0.1, 0.15) is 6.92 Å². The quantitative estimate of drug-likeness (QED) is 0.377. The van der Waals surface area contributed by atoms with Crippen LogP contribution in [0.5, 0.6) is 0 Å². The van der Waals surface area contributed by atoms with Gasteiger partial charge in [-0.3, -0.25) is 4.79 Å². The highest BCUT2D eigenvalue weighted by Gasteiger charge is 1.88. The second kappa shape index (κ2) is 4.46. The number of hydrogen-bond acceptors (Lipinski definition) is 3. The smallest absolute Gasteiger partial charge is 0.155 e. The van der Waals surface area contributed by atoms with E-state index in [1.165, 1.54) is 6.92 Å². The summed E-state index contributed by atoms with van der Waals surface area (Å²) >= 11 is 0. The van der Waals surface area contributed by atoms with Crippen LogP contribution in [0.2, 0.25) is 0 Å². The Morgan fingerprint density at radius 1 is 1.75 bits per heavy atom. The van der Waals surface area contributed by atoms with E-state index in [0.29, 0.717) is 6.29 Å². The van der Waals surface area contributed by atoms with Crippen LogP contribution in [-0.4, -0.2) is 25.3 Å². The van der Waals surface area contributed by atoms with Crippen LogP contribution in [0.25, 0.3) is 0 Å². The normalized spacial score (nSPS) is 8.62. The monoisotopic (exact) mass is 116 g/mol. The molecule has 0 spiro atoms. The first-order chi connectivity index (χ1) is 3.77. The van der Waals surface area contributed by atoms with Gasteiger partial charge in [-0.25, -0.2) is 0 Å². The van der Waals surface area contributed by atoms with E-state index in [4.69, 9.17) is 0 Å². The minimum atomic E-state index is -0.0631. The molecule has 0 saturated heterocycles. The molecular weight excluding hydrogens is 108 g/mol. The molecule has 0 amide bonds. The van der Waals surface area contributed by atoms with E-state index >= 15 is 0 Å². The van der Waals surface area contributed by atoms with E-state index < -0.39 is 0 Å². The average Bonchev–Trinajstić information content (AvgIpc) is 1.66. The SMILES string of the molecule is CC(=O)COCC=O. The molecule has 3 nitrogen and oxygen atoms in total. The maximum Gasteiger partial charge on any atom is 0.155 e. The molecule has 46 valence electrons. The summed E-state index contributed by atoms with van der Waals surface area (Å²) < 4.78 is 4.53. The Labute approximate surface area is 47.6 Å². The van der Waals surface area contributed by atoms with Gasteiger partial charge in [-0.15, -0.1) is 0 Å². The van der Waals surface area contributed by atoms with E-state index in [1.807, 2.05) is 0 Å². The third-order valence-electron chi connectivity index (χ3n) is 0.491.